The van der Waals surface area contributed by atoms with E-state index in [0.717, 1.165) is 10.5 Å². The highest BCUT2D eigenvalue weighted by Crippen LogP contribution is 2.24. The van der Waals surface area contributed by atoms with Crippen LogP contribution in [0.1, 0.15) is 52.5 Å². The van der Waals surface area contributed by atoms with Gasteiger partial charge in [-0.3, -0.25) is 28.9 Å². The number of benzene rings is 1. The highest BCUT2D eigenvalue weighted by Gasteiger charge is 2.35. The molecule has 2 aliphatic rings. The van der Waals surface area contributed by atoms with E-state index >= 15 is 0 Å². The van der Waals surface area contributed by atoms with Crippen LogP contribution in [0.25, 0.3) is 0 Å². The van der Waals surface area contributed by atoms with Gasteiger partial charge in [0.05, 0.1) is 30.1 Å². The average Bonchev–Trinajstić information content (AvgIpc) is 3.00. The molecule has 1 saturated heterocycles. The molecule has 1 aromatic rings. The molecular weight excluding hydrogens is 404 g/mol. The minimum atomic E-state index is -0.664. The third-order valence-electron chi connectivity index (χ3n) is 5.49. The Hall–Kier alpha value is -3.23. The number of hydrogen-bond donors (Lipinski definition) is 0. The van der Waals surface area contributed by atoms with Gasteiger partial charge >= 0.3 is 11.9 Å². The van der Waals surface area contributed by atoms with Crippen molar-refractivity contribution in [3.8, 4) is 0 Å². The van der Waals surface area contributed by atoms with Crippen molar-refractivity contribution >= 4 is 29.7 Å². The zero-order valence-corrected chi connectivity index (χ0v) is 17.7. The van der Waals surface area contributed by atoms with Crippen molar-refractivity contribution in [3.05, 3.63) is 34.9 Å². The molecule has 2 aliphatic heterocycles. The van der Waals surface area contributed by atoms with Gasteiger partial charge in [0.25, 0.3) is 17.7 Å². The van der Waals surface area contributed by atoms with Crippen molar-refractivity contribution in [1.29, 1.82) is 0 Å². The predicted octanol–water partition coefficient (Wildman–Crippen LogP) is 1.33. The maximum atomic E-state index is 12.4. The Morgan fingerprint density at radius 2 is 1.71 bits per heavy atom. The van der Waals surface area contributed by atoms with Crippen molar-refractivity contribution in [2.45, 2.75) is 33.1 Å². The van der Waals surface area contributed by atoms with Crippen LogP contribution in [0.3, 0.4) is 0 Å². The van der Waals surface area contributed by atoms with Gasteiger partial charge in [-0.15, -0.1) is 0 Å². The highest BCUT2D eigenvalue weighted by atomic mass is 16.5. The Morgan fingerprint density at radius 3 is 2.39 bits per heavy atom. The second kappa shape index (κ2) is 9.72. The summed E-state index contributed by atoms with van der Waals surface area (Å²) >= 11 is 0. The quantitative estimate of drug-likeness (QED) is 0.474. The van der Waals surface area contributed by atoms with Crippen LogP contribution in [0.2, 0.25) is 0 Å². The molecule has 3 rings (SSSR count). The summed E-state index contributed by atoms with van der Waals surface area (Å²) in [6, 6.07) is 5.01. The summed E-state index contributed by atoms with van der Waals surface area (Å²) in [6.45, 7) is 4.18. The molecule has 0 N–H and O–H groups in total. The molecule has 1 fully saturated rings. The number of carbonyl (C=O) groups excluding carboxylic acids is 5. The molecular formula is C22H26N2O7. The maximum Gasteiger partial charge on any atom is 0.309 e. The minimum Gasteiger partial charge on any atom is -0.466 e. The molecule has 9 nitrogen and oxygen atoms in total. The van der Waals surface area contributed by atoms with Crippen LogP contribution in [0.15, 0.2) is 18.2 Å². The minimum absolute atomic E-state index is 0.108. The number of hydrogen-bond acceptors (Lipinski definition) is 7. The van der Waals surface area contributed by atoms with E-state index < -0.39 is 24.4 Å². The Kier molecular flexibility index (Phi) is 7.04. The van der Waals surface area contributed by atoms with Crippen LogP contribution >= 0.6 is 0 Å². The second-order valence-electron chi connectivity index (χ2n) is 7.63. The molecule has 166 valence electrons. The Morgan fingerprint density at radius 1 is 1.03 bits per heavy atom. The molecule has 0 aromatic heterocycles. The van der Waals surface area contributed by atoms with Crippen LogP contribution in [0.4, 0.5) is 0 Å². The number of aryl methyl sites for hydroxylation is 1. The molecule has 2 heterocycles. The number of esters is 2. The first-order valence-corrected chi connectivity index (χ1v) is 10.4. The van der Waals surface area contributed by atoms with Crippen LogP contribution in [0, 0.1) is 12.8 Å². The zero-order chi connectivity index (χ0) is 22.5. The van der Waals surface area contributed by atoms with Gasteiger partial charge in [-0.2, -0.15) is 0 Å². The molecule has 9 heteroatoms. The van der Waals surface area contributed by atoms with E-state index in [0.29, 0.717) is 43.7 Å². The lowest BCUT2D eigenvalue weighted by Crippen LogP contribution is -2.42. The lowest BCUT2D eigenvalue weighted by molar-refractivity contribution is -0.154. The molecule has 0 spiro atoms. The highest BCUT2D eigenvalue weighted by molar-refractivity contribution is 6.21. The van der Waals surface area contributed by atoms with Crippen molar-refractivity contribution in [1.82, 2.24) is 9.80 Å². The molecule has 3 amide bonds. The van der Waals surface area contributed by atoms with Crippen molar-refractivity contribution in [2.75, 3.05) is 32.8 Å². The number of imide groups is 1. The topological polar surface area (TPSA) is 110 Å². The molecule has 0 radical (unpaired) electrons. The molecule has 0 saturated carbocycles. The largest absolute Gasteiger partial charge is 0.466 e. The van der Waals surface area contributed by atoms with Gasteiger partial charge in [-0.25, -0.2) is 0 Å². The number of piperidine rings is 1. The molecule has 0 unspecified atom stereocenters. The van der Waals surface area contributed by atoms with Crippen molar-refractivity contribution in [2.24, 2.45) is 5.92 Å². The van der Waals surface area contributed by atoms with Crippen molar-refractivity contribution < 1.29 is 33.4 Å². The zero-order valence-electron chi connectivity index (χ0n) is 17.7. The summed E-state index contributed by atoms with van der Waals surface area (Å²) in [5, 5.41) is 0. The van der Waals surface area contributed by atoms with Gasteiger partial charge in [0.2, 0.25) is 0 Å². The van der Waals surface area contributed by atoms with Gasteiger partial charge in [-0.1, -0.05) is 11.6 Å². The van der Waals surface area contributed by atoms with E-state index in [1.165, 1.54) is 0 Å². The molecule has 0 aliphatic carbocycles. The van der Waals surface area contributed by atoms with E-state index in [1.54, 1.807) is 30.0 Å². The van der Waals surface area contributed by atoms with Crippen LogP contribution in [-0.2, 0) is 23.9 Å². The molecule has 31 heavy (non-hydrogen) atoms. The predicted molar refractivity (Wildman–Crippen MR) is 108 cm³/mol. The van der Waals surface area contributed by atoms with E-state index in [1.807, 2.05) is 6.92 Å². The smallest absolute Gasteiger partial charge is 0.309 e. The summed E-state index contributed by atoms with van der Waals surface area (Å²) < 4.78 is 10.0. The van der Waals surface area contributed by atoms with E-state index in [2.05, 4.69) is 0 Å². The van der Waals surface area contributed by atoms with Crippen LogP contribution in [0.5, 0.6) is 0 Å². The normalized spacial score (nSPS) is 16.3. The number of fused-ring (bicyclic) bond motifs is 1. The van der Waals surface area contributed by atoms with Gasteiger partial charge in [-0.05, 0) is 38.8 Å². The number of nitrogens with zero attached hydrogens (tertiary/aromatic N) is 2. The van der Waals surface area contributed by atoms with E-state index in [4.69, 9.17) is 9.47 Å². The summed E-state index contributed by atoms with van der Waals surface area (Å²) in [7, 11) is 0. The van der Waals surface area contributed by atoms with Gasteiger partial charge < -0.3 is 14.4 Å². The molecule has 1 aromatic carbocycles. The molecule has 0 bridgehead atoms. The standard InChI is InChI=1S/C22H26N2O7/c1-3-30-22(29)15-6-9-23(10-7-15)18(25)13-31-19(26)8-11-24-20(27)16-5-4-14(2)12-17(16)21(24)28/h4-5,12,15H,3,6-11,13H2,1-2H3. The second-order valence-corrected chi connectivity index (χ2v) is 7.63. The van der Waals surface area contributed by atoms with Gasteiger partial charge in [0.15, 0.2) is 6.61 Å². The fraction of sp³-hybridized carbons (Fsp3) is 0.500. The monoisotopic (exact) mass is 430 g/mol. The maximum absolute atomic E-state index is 12.4. The average molecular weight is 430 g/mol. The van der Waals surface area contributed by atoms with Crippen molar-refractivity contribution in [3.63, 3.8) is 0 Å². The summed E-state index contributed by atoms with van der Waals surface area (Å²) in [6.07, 6.45) is 0.831. The number of carbonyl (C=O) groups is 5. The van der Waals surface area contributed by atoms with Gasteiger partial charge in [0.1, 0.15) is 0 Å². The van der Waals surface area contributed by atoms with E-state index in [9.17, 15) is 24.0 Å². The van der Waals surface area contributed by atoms with E-state index in [-0.39, 0.29) is 30.8 Å². The van der Waals surface area contributed by atoms with Crippen LogP contribution < -0.4 is 0 Å². The Balaban J connectivity index is 1.41. The first kappa shape index (κ1) is 22.5. The third-order valence-corrected chi connectivity index (χ3v) is 5.49. The summed E-state index contributed by atoms with van der Waals surface area (Å²) in [4.78, 5) is 63.4. The Bertz CT molecular complexity index is 903. The molecule has 0 atom stereocenters. The van der Waals surface area contributed by atoms with Gasteiger partial charge in [0, 0.05) is 19.6 Å². The Labute approximate surface area is 180 Å². The number of ether oxygens (including phenoxy) is 2. The third kappa shape index (κ3) is 5.10. The number of likely N-dealkylation sites (tertiary alicyclic amines) is 1. The fourth-order valence-electron chi connectivity index (χ4n) is 3.74. The number of amides is 3. The number of rotatable bonds is 7. The lowest BCUT2D eigenvalue weighted by atomic mass is 9.97. The summed E-state index contributed by atoms with van der Waals surface area (Å²) in [5.74, 6) is -2.33. The lowest BCUT2D eigenvalue weighted by Gasteiger charge is -2.30. The first-order chi connectivity index (χ1) is 14.8. The van der Waals surface area contributed by atoms with Crippen LogP contribution in [-0.4, -0.2) is 72.3 Å². The summed E-state index contributed by atoms with van der Waals surface area (Å²) in [5.41, 5.74) is 1.52. The fourth-order valence-corrected chi connectivity index (χ4v) is 3.74. The SMILES string of the molecule is CCOC(=O)C1CCN(C(=O)COC(=O)CCN2C(=O)c3ccc(C)cc3C2=O)CC1. The first-order valence-electron chi connectivity index (χ1n) is 10.4.